The van der Waals surface area contributed by atoms with Gasteiger partial charge in [-0.2, -0.15) is 0 Å². The minimum absolute atomic E-state index is 0.0596. The van der Waals surface area contributed by atoms with E-state index >= 15 is 0 Å². The summed E-state index contributed by atoms with van der Waals surface area (Å²) in [7, 11) is 0. The summed E-state index contributed by atoms with van der Waals surface area (Å²) in [5.74, 6) is 0.379. The summed E-state index contributed by atoms with van der Waals surface area (Å²) in [5.41, 5.74) is 1.85. The van der Waals surface area contributed by atoms with Crippen molar-refractivity contribution in [1.29, 1.82) is 0 Å². The predicted octanol–water partition coefficient (Wildman–Crippen LogP) is 2.62. The smallest absolute Gasteiger partial charge is 0.254 e. The van der Waals surface area contributed by atoms with E-state index < -0.39 is 0 Å². The van der Waals surface area contributed by atoms with Crippen LogP contribution in [0.1, 0.15) is 17.3 Å². The van der Waals surface area contributed by atoms with Gasteiger partial charge in [-0.1, -0.05) is 18.2 Å². The molecule has 8 heteroatoms. The lowest BCUT2D eigenvalue weighted by atomic mass is 10.1. The summed E-state index contributed by atoms with van der Waals surface area (Å²) in [4.78, 5) is 26.8. The Labute approximate surface area is 182 Å². The minimum Gasteiger partial charge on any atom is -0.489 e. The van der Waals surface area contributed by atoms with E-state index in [9.17, 15) is 9.59 Å². The van der Waals surface area contributed by atoms with Crippen LogP contribution in [0.2, 0.25) is 0 Å². The van der Waals surface area contributed by atoms with E-state index in [1.54, 1.807) is 29.2 Å². The molecule has 8 nitrogen and oxygen atoms in total. The Balaban J connectivity index is 1.53. The van der Waals surface area contributed by atoms with Gasteiger partial charge in [0.2, 0.25) is 5.91 Å². The van der Waals surface area contributed by atoms with E-state index in [0.29, 0.717) is 63.1 Å². The summed E-state index contributed by atoms with van der Waals surface area (Å²) in [6, 6.07) is 14.4. The van der Waals surface area contributed by atoms with Crippen LogP contribution < -0.4 is 15.4 Å². The number of rotatable bonds is 10. The minimum atomic E-state index is -0.222. The van der Waals surface area contributed by atoms with E-state index in [-0.39, 0.29) is 18.4 Å². The fourth-order valence-corrected chi connectivity index (χ4v) is 3.15. The Morgan fingerprint density at radius 3 is 2.68 bits per heavy atom. The van der Waals surface area contributed by atoms with Crippen molar-refractivity contribution in [2.24, 2.45) is 0 Å². The van der Waals surface area contributed by atoms with Crippen molar-refractivity contribution in [2.75, 3.05) is 63.3 Å². The van der Waals surface area contributed by atoms with Crippen molar-refractivity contribution in [2.45, 2.75) is 6.92 Å². The molecule has 2 aromatic carbocycles. The number of carbonyl (C=O) groups is 2. The third-order valence-corrected chi connectivity index (χ3v) is 4.71. The van der Waals surface area contributed by atoms with Crippen molar-refractivity contribution in [3.05, 3.63) is 54.1 Å². The van der Waals surface area contributed by atoms with Gasteiger partial charge in [-0.05, 0) is 37.3 Å². The average Bonchev–Trinajstić information content (AvgIpc) is 2.81. The molecule has 0 aliphatic carbocycles. The molecule has 1 saturated heterocycles. The van der Waals surface area contributed by atoms with Crippen LogP contribution >= 0.6 is 0 Å². The molecule has 2 amide bonds. The van der Waals surface area contributed by atoms with E-state index in [4.69, 9.17) is 14.2 Å². The molecule has 2 N–H and O–H groups in total. The first-order chi connectivity index (χ1) is 15.2. The normalized spacial score (nSPS) is 13.5. The molecule has 0 unspecified atom stereocenters. The first-order valence-corrected chi connectivity index (χ1v) is 10.5. The van der Waals surface area contributed by atoms with Gasteiger partial charge >= 0.3 is 0 Å². The maximum Gasteiger partial charge on any atom is 0.254 e. The Bertz CT molecular complexity index is 868. The third-order valence-electron chi connectivity index (χ3n) is 4.71. The number of morpholine rings is 1. The zero-order chi connectivity index (χ0) is 21.9. The topological polar surface area (TPSA) is 89.1 Å². The van der Waals surface area contributed by atoms with Crippen LogP contribution in [0.5, 0.6) is 5.75 Å². The Hall–Kier alpha value is -3.10. The summed E-state index contributed by atoms with van der Waals surface area (Å²) >= 11 is 0. The van der Waals surface area contributed by atoms with Crippen LogP contribution in [-0.4, -0.2) is 69.4 Å². The standard InChI is InChI=1S/C23H29N3O5/c1-2-29-14-15-31-21-9-4-3-8-20(21)24-17-22(27)25-19-7-5-6-18(16-19)23(28)26-10-12-30-13-11-26/h3-9,16,24H,2,10-15,17H2,1H3,(H,25,27). The van der Waals surface area contributed by atoms with Crippen molar-refractivity contribution in [3.8, 4) is 5.75 Å². The maximum atomic E-state index is 12.6. The number of para-hydroxylation sites is 2. The molecule has 2 aromatic rings. The van der Waals surface area contributed by atoms with E-state index in [1.165, 1.54) is 0 Å². The monoisotopic (exact) mass is 427 g/mol. The molecule has 0 spiro atoms. The van der Waals surface area contributed by atoms with Crippen molar-refractivity contribution in [1.82, 2.24) is 4.90 Å². The molecule has 0 atom stereocenters. The second kappa shape index (κ2) is 11.9. The number of benzene rings is 2. The van der Waals surface area contributed by atoms with Gasteiger partial charge in [0.15, 0.2) is 0 Å². The molecular formula is C23H29N3O5. The Morgan fingerprint density at radius 2 is 1.87 bits per heavy atom. The Morgan fingerprint density at radius 1 is 1.06 bits per heavy atom. The van der Waals surface area contributed by atoms with Crippen molar-refractivity contribution >= 4 is 23.2 Å². The van der Waals surface area contributed by atoms with E-state index in [0.717, 1.165) is 5.69 Å². The third kappa shape index (κ3) is 6.97. The SMILES string of the molecule is CCOCCOc1ccccc1NCC(=O)Nc1cccc(C(=O)N2CCOCC2)c1. The van der Waals surface area contributed by atoms with E-state index in [1.807, 2.05) is 31.2 Å². The second-order valence-electron chi connectivity index (χ2n) is 6.93. The number of nitrogens with one attached hydrogen (secondary N) is 2. The lowest BCUT2D eigenvalue weighted by Gasteiger charge is -2.27. The molecule has 3 rings (SSSR count). The summed E-state index contributed by atoms with van der Waals surface area (Å²) < 4.78 is 16.3. The fourth-order valence-electron chi connectivity index (χ4n) is 3.15. The molecule has 0 saturated carbocycles. The molecule has 1 fully saturated rings. The number of anilines is 2. The van der Waals surface area contributed by atoms with Crippen molar-refractivity contribution < 1.29 is 23.8 Å². The van der Waals surface area contributed by atoms with Crippen molar-refractivity contribution in [3.63, 3.8) is 0 Å². The summed E-state index contributed by atoms with van der Waals surface area (Å²) in [5, 5.41) is 5.93. The molecule has 1 heterocycles. The van der Waals surface area contributed by atoms with Gasteiger partial charge in [-0.15, -0.1) is 0 Å². The van der Waals surface area contributed by atoms with Gasteiger partial charge in [0.25, 0.3) is 5.91 Å². The van der Waals surface area contributed by atoms with Gasteiger partial charge in [-0.25, -0.2) is 0 Å². The molecule has 0 aromatic heterocycles. The van der Waals surface area contributed by atoms with Gasteiger partial charge in [-0.3, -0.25) is 9.59 Å². The molecule has 31 heavy (non-hydrogen) atoms. The van der Waals surface area contributed by atoms with Crippen LogP contribution in [-0.2, 0) is 14.3 Å². The zero-order valence-corrected chi connectivity index (χ0v) is 17.8. The number of ether oxygens (including phenoxy) is 3. The molecule has 0 bridgehead atoms. The van der Waals surface area contributed by atoms with Crippen LogP contribution in [0.3, 0.4) is 0 Å². The van der Waals surface area contributed by atoms with Crippen LogP contribution in [0.4, 0.5) is 11.4 Å². The second-order valence-corrected chi connectivity index (χ2v) is 6.93. The molecular weight excluding hydrogens is 398 g/mol. The molecule has 1 aliphatic rings. The lowest BCUT2D eigenvalue weighted by Crippen LogP contribution is -2.40. The number of amides is 2. The molecule has 0 radical (unpaired) electrons. The summed E-state index contributed by atoms with van der Waals surface area (Å²) in [6.07, 6.45) is 0. The van der Waals surface area contributed by atoms with Crippen LogP contribution in [0, 0.1) is 0 Å². The first-order valence-electron chi connectivity index (χ1n) is 10.5. The fraction of sp³-hybridized carbons (Fsp3) is 0.391. The number of carbonyl (C=O) groups excluding carboxylic acids is 2. The van der Waals surface area contributed by atoms with Gasteiger partial charge < -0.3 is 29.7 Å². The highest BCUT2D eigenvalue weighted by atomic mass is 16.5. The highest BCUT2D eigenvalue weighted by Gasteiger charge is 2.18. The van der Waals surface area contributed by atoms with Crippen LogP contribution in [0.25, 0.3) is 0 Å². The number of hydrogen-bond acceptors (Lipinski definition) is 6. The van der Waals surface area contributed by atoms with Gasteiger partial charge in [0.05, 0.1) is 32.1 Å². The number of nitrogens with zero attached hydrogens (tertiary/aromatic N) is 1. The quantitative estimate of drug-likeness (QED) is 0.567. The average molecular weight is 428 g/mol. The highest BCUT2D eigenvalue weighted by Crippen LogP contribution is 2.23. The Kier molecular flexibility index (Phi) is 8.69. The highest BCUT2D eigenvalue weighted by molar-refractivity contribution is 5.98. The first kappa shape index (κ1) is 22.6. The maximum absolute atomic E-state index is 12.6. The van der Waals surface area contributed by atoms with Crippen LogP contribution in [0.15, 0.2) is 48.5 Å². The predicted molar refractivity (Wildman–Crippen MR) is 119 cm³/mol. The molecule has 166 valence electrons. The summed E-state index contributed by atoms with van der Waals surface area (Å²) in [6.45, 7) is 5.82. The largest absolute Gasteiger partial charge is 0.489 e. The zero-order valence-electron chi connectivity index (χ0n) is 17.8. The van der Waals surface area contributed by atoms with Gasteiger partial charge in [0.1, 0.15) is 12.4 Å². The molecule has 1 aliphatic heterocycles. The van der Waals surface area contributed by atoms with Gasteiger partial charge in [0, 0.05) is 30.9 Å². The number of hydrogen-bond donors (Lipinski definition) is 2. The lowest BCUT2D eigenvalue weighted by molar-refractivity contribution is -0.114. The van der Waals surface area contributed by atoms with E-state index in [2.05, 4.69) is 10.6 Å².